The molecule has 0 radical (unpaired) electrons. The molecule has 0 saturated heterocycles. The predicted octanol–water partition coefficient (Wildman–Crippen LogP) is 12.9. The number of hydrogen-bond donors (Lipinski definition) is 0. The fourth-order valence-corrected chi connectivity index (χ4v) is 8.41. The zero-order valence-corrected chi connectivity index (χ0v) is 25.9. The highest BCUT2D eigenvalue weighted by Crippen LogP contribution is 2.51. The summed E-state index contributed by atoms with van der Waals surface area (Å²) in [5.74, 6) is 0. The van der Waals surface area contributed by atoms with Crippen LogP contribution in [0.1, 0.15) is 0 Å². The summed E-state index contributed by atoms with van der Waals surface area (Å²) in [5, 5.41) is 12.2. The number of rotatable bonds is 3. The Balaban J connectivity index is 1.38. The van der Waals surface area contributed by atoms with Gasteiger partial charge in [0.2, 0.25) is 0 Å². The molecule has 9 aromatic carbocycles. The molecule has 48 heavy (non-hydrogen) atoms. The van der Waals surface area contributed by atoms with E-state index >= 15 is 0 Å². The van der Waals surface area contributed by atoms with Crippen LogP contribution < -0.4 is 0 Å². The first-order valence-corrected chi connectivity index (χ1v) is 16.5. The molecule has 0 atom stereocenters. The van der Waals surface area contributed by atoms with Crippen molar-refractivity contribution >= 4 is 76.1 Å². The number of aromatic nitrogens is 1. The van der Waals surface area contributed by atoms with E-state index in [4.69, 9.17) is 4.42 Å². The number of nitrogens with zero attached hydrogens (tertiary/aromatic N) is 1. The molecule has 0 aliphatic rings. The Morgan fingerprint density at radius 3 is 1.71 bits per heavy atom. The van der Waals surface area contributed by atoms with Crippen LogP contribution in [-0.4, -0.2) is 4.57 Å². The molecule has 222 valence electrons. The highest BCUT2D eigenvalue weighted by molar-refractivity contribution is 6.35. The zero-order valence-electron chi connectivity index (χ0n) is 25.9. The SMILES string of the molecule is c1ccc(-c2c3ccccc3c(-c3cc4cccc5oc6c(c3cc3c6c6ccccc6n3-c3ccccc3)c45)c3ccccc23)cc1. The van der Waals surface area contributed by atoms with Crippen LogP contribution >= 0.6 is 0 Å². The Morgan fingerprint density at radius 1 is 0.396 bits per heavy atom. The minimum absolute atomic E-state index is 0.928. The summed E-state index contributed by atoms with van der Waals surface area (Å²) in [6.45, 7) is 0. The molecule has 0 bridgehead atoms. The van der Waals surface area contributed by atoms with Gasteiger partial charge in [0.25, 0.3) is 0 Å². The van der Waals surface area contributed by atoms with Gasteiger partial charge in [0.05, 0.1) is 16.4 Å². The van der Waals surface area contributed by atoms with E-state index in [0.29, 0.717) is 0 Å². The predicted molar refractivity (Wildman–Crippen MR) is 203 cm³/mol. The summed E-state index contributed by atoms with van der Waals surface area (Å²) >= 11 is 0. The van der Waals surface area contributed by atoms with Gasteiger partial charge in [-0.25, -0.2) is 0 Å². The molecule has 2 heterocycles. The summed E-state index contributed by atoms with van der Waals surface area (Å²) < 4.78 is 9.31. The lowest BCUT2D eigenvalue weighted by Crippen LogP contribution is -1.94. The van der Waals surface area contributed by atoms with Crippen molar-refractivity contribution in [3.63, 3.8) is 0 Å². The number of hydrogen-bond acceptors (Lipinski definition) is 1. The monoisotopic (exact) mass is 609 g/mol. The quantitative estimate of drug-likeness (QED) is 0.144. The molecule has 0 aliphatic heterocycles. The molecule has 0 aliphatic carbocycles. The van der Waals surface area contributed by atoms with E-state index in [1.807, 2.05) is 0 Å². The van der Waals surface area contributed by atoms with Crippen molar-refractivity contribution in [2.45, 2.75) is 0 Å². The van der Waals surface area contributed by atoms with Crippen LogP contribution in [0.3, 0.4) is 0 Å². The highest BCUT2D eigenvalue weighted by atomic mass is 16.3. The molecule has 11 aromatic rings. The first-order chi connectivity index (χ1) is 23.8. The van der Waals surface area contributed by atoms with E-state index in [0.717, 1.165) is 27.8 Å². The van der Waals surface area contributed by atoms with Gasteiger partial charge >= 0.3 is 0 Å². The smallest absolute Gasteiger partial charge is 0.146 e. The molecular weight excluding hydrogens is 583 g/mol. The lowest BCUT2D eigenvalue weighted by atomic mass is 9.83. The molecule has 0 unspecified atom stereocenters. The van der Waals surface area contributed by atoms with Gasteiger partial charge in [0.1, 0.15) is 11.2 Å². The summed E-state index contributed by atoms with van der Waals surface area (Å²) in [6.07, 6.45) is 0. The lowest BCUT2D eigenvalue weighted by Gasteiger charge is -2.19. The van der Waals surface area contributed by atoms with Gasteiger partial charge in [0, 0.05) is 21.8 Å². The van der Waals surface area contributed by atoms with Crippen LogP contribution in [0.25, 0.3) is 104 Å². The van der Waals surface area contributed by atoms with Crippen LogP contribution in [0.5, 0.6) is 0 Å². The van der Waals surface area contributed by atoms with Crippen LogP contribution in [0.15, 0.2) is 168 Å². The lowest BCUT2D eigenvalue weighted by molar-refractivity contribution is 0.673. The van der Waals surface area contributed by atoms with Gasteiger partial charge in [-0.05, 0) is 91.0 Å². The molecule has 11 rings (SSSR count). The van der Waals surface area contributed by atoms with Gasteiger partial charge in [-0.3, -0.25) is 0 Å². The molecule has 0 N–H and O–H groups in total. The minimum Gasteiger partial charge on any atom is -0.455 e. The fourth-order valence-electron chi connectivity index (χ4n) is 8.41. The third kappa shape index (κ3) is 3.36. The number of fused-ring (bicyclic) bond motifs is 6. The number of para-hydroxylation sites is 2. The summed E-state index contributed by atoms with van der Waals surface area (Å²) in [5.41, 5.74) is 10.3. The van der Waals surface area contributed by atoms with E-state index in [1.165, 1.54) is 76.2 Å². The van der Waals surface area contributed by atoms with Crippen molar-refractivity contribution in [2.24, 2.45) is 0 Å². The molecule has 0 spiro atoms. The van der Waals surface area contributed by atoms with E-state index in [-0.39, 0.29) is 0 Å². The average molecular weight is 610 g/mol. The van der Waals surface area contributed by atoms with E-state index < -0.39 is 0 Å². The Kier molecular flexibility index (Phi) is 5.14. The van der Waals surface area contributed by atoms with Gasteiger partial charge in [-0.2, -0.15) is 0 Å². The van der Waals surface area contributed by atoms with E-state index in [1.54, 1.807) is 0 Å². The second kappa shape index (κ2) is 9.57. The van der Waals surface area contributed by atoms with E-state index in [2.05, 4.69) is 168 Å². The van der Waals surface area contributed by atoms with Crippen LogP contribution in [-0.2, 0) is 0 Å². The summed E-state index contributed by atoms with van der Waals surface area (Å²) in [6, 6.07) is 59.4. The molecule has 2 nitrogen and oxygen atoms in total. The van der Waals surface area contributed by atoms with Crippen molar-refractivity contribution in [1.82, 2.24) is 4.57 Å². The number of furan rings is 1. The van der Waals surface area contributed by atoms with Crippen molar-refractivity contribution in [3.8, 4) is 27.9 Å². The standard InChI is InChI=1S/C46H27NO/c1-3-14-28(15-4-1)41-31-19-7-9-21-33(31)43(34-22-10-8-20-32(34)41)36-26-29-16-13-25-40-42(29)45-37(36)27-39-44(46(45)48-40)35-23-11-12-24-38(35)47(39)30-17-5-2-6-18-30/h1-27H. The molecule has 2 heteroatoms. The molecule has 0 fully saturated rings. The maximum Gasteiger partial charge on any atom is 0.146 e. The van der Waals surface area contributed by atoms with Gasteiger partial charge in [0.15, 0.2) is 0 Å². The first-order valence-electron chi connectivity index (χ1n) is 16.5. The third-order valence-corrected chi connectivity index (χ3v) is 10.3. The minimum atomic E-state index is 0.928. The molecular formula is C46H27NO. The maximum absolute atomic E-state index is 6.91. The third-order valence-electron chi connectivity index (χ3n) is 10.3. The van der Waals surface area contributed by atoms with Gasteiger partial charge in [-0.15, -0.1) is 0 Å². The Bertz CT molecular complexity index is 2980. The highest BCUT2D eigenvalue weighted by Gasteiger charge is 2.25. The molecule has 2 aromatic heterocycles. The zero-order chi connectivity index (χ0) is 31.3. The molecule has 0 amide bonds. The largest absolute Gasteiger partial charge is 0.455 e. The second-order valence-electron chi connectivity index (χ2n) is 12.8. The van der Waals surface area contributed by atoms with Crippen LogP contribution in [0, 0.1) is 0 Å². The number of benzene rings is 9. The summed E-state index contributed by atoms with van der Waals surface area (Å²) in [7, 11) is 0. The van der Waals surface area contributed by atoms with Gasteiger partial charge in [-0.1, -0.05) is 127 Å². The Labute approximate surface area is 276 Å². The second-order valence-corrected chi connectivity index (χ2v) is 12.8. The Morgan fingerprint density at radius 2 is 1.00 bits per heavy atom. The average Bonchev–Trinajstić information content (AvgIpc) is 3.70. The normalized spacial score (nSPS) is 12.2. The van der Waals surface area contributed by atoms with Crippen molar-refractivity contribution < 1.29 is 4.42 Å². The van der Waals surface area contributed by atoms with Gasteiger partial charge < -0.3 is 8.98 Å². The Hall–Kier alpha value is -6.38. The molecule has 0 saturated carbocycles. The fraction of sp³-hybridized carbons (Fsp3) is 0. The van der Waals surface area contributed by atoms with Crippen molar-refractivity contribution in [1.29, 1.82) is 0 Å². The maximum atomic E-state index is 6.91. The van der Waals surface area contributed by atoms with E-state index in [9.17, 15) is 0 Å². The summed E-state index contributed by atoms with van der Waals surface area (Å²) in [4.78, 5) is 0. The first kappa shape index (κ1) is 25.8. The van der Waals surface area contributed by atoms with Crippen molar-refractivity contribution in [2.75, 3.05) is 0 Å². The van der Waals surface area contributed by atoms with Crippen LogP contribution in [0.4, 0.5) is 0 Å². The van der Waals surface area contributed by atoms with Crippen molar-refractivity contribution in [3.05, 3.63) is 164 Å². The topological polar surface area (TPSA) is 18.1 Å². The van der Waals surface area contributed by atoms with Crippen LogP contribution in [0.2, 0.25) is 0 Å².